The first-order chi connectivity index (χ1) is 30.2. The molecule has 1 atom stereocenters. The molecular weight excluding hydrogens is 799 g/mol. The molecule has 63 heavy (non-hydrogen) atoms. The zero-order chi connectivity index (χ0) is 44.2. The summed E-state index contributed by atoms with van der Waals surface area (Å²) in [5.74, 6) is 0.246. The maximum Gasteiger partial charge on any atom is 0.275 e. The lowest BCUT2D eigenvalue weighted by Crippen LogP contribution is -2.74. The van der Waals surface area contributed by atoms with E-state index in [0.29, 0.717) is 39.1 Å². The van der Waals surface area contributed by atoms with Gasteiger partial charge in [-0.3, -0.25) is 34.2 Å². The second-order valence-electron chi connectivity index (χ2n) is 18.8. The summed E-state index contributed by atoms with van der Waals surface area (Å²) in [7, 11) is 0. The van der Waals surface area contributed by atoms with E-state index in [-0.39, 0.29) is 47.9 Å². The number of carbonyl (C=O) groups excluding carboxylic acids is 3. The molecule has 1 unspecified atom stereocenters. The molecule has 1 saturated carbocycles. The molecule has 5 aromatic rings. The Morgan fingerprint density at radius 1 is 0.841 bits per heavy atom. The summed E-state index contributed by atoms with van der Waals surface area (Å²) in [5, 5.41) is 21.4. The van der Waals surface area contributed by atoms with Crippen LogP contribution in [0.3, 0.4) is 0 Å². The number of benzene rings is 3. The Morgan fingerprint density at radius 2 is 1.52 bits per heavy atom. The summed E-state index contributed by atoms with van der Waals surface area (Å²) < 4.78 is 7.82. The number of carbonyl (C=O) groups is 3. The third kappa shape index (κ3) is 7.81. The third-order valence-corrected chi connectivity index (χ3v) is 14.0. The van der Waals surface area contributed by atoms with E-state index in [2.05, 4.69) is 81.3 Å². The molecule has 0 spiro atoms. The number of nitrogens with one attached hydrogen (secondary N) is 3. The van der Waals surface area contributed by atoms with Crippen LogP contribution in [0.15, 0.2) is 82.5 Å². The molecule has 15 nitrogen and oxygen atoms in total. The first kappa shape index (κ1) is 41.8. The zero-order valence-electron chi connectivity index (χ0n) is 36.1. The standard InChI is InChI=1S/C48H53N9O6/c1-47(2)45(48(3,4)46(47)63-38-14-7-31(26-49)41-36(38)12-15-39(58)51-41)53-42(60)30-5-8-33(9-6-30)55-19-17-29(18-20-55)28-54-21-23-56(24-22-54)34-10-11-35-32(25-34)27-50-57(44(35)62)37-13-16-40(59)52-43(37)61/h5-12,14-15,25,27,29,37,45-46H,13,16-24,28H2,1-4H3,(H,51,58)(H,53,60)(H,52,59,61). The molecule has 1 aliphatic carbocycles. The van der Waals surface area contributed by atoms with Crippen molar-refractivity contribution in [1.29, 1.82) is 5.26 Å². The van der Waals surface area contributed by atoms with Crippen molar-refractivity contribution in [2.24, 2.45) is 16.7 Å². The van der Waals surface area contributed by atoms with Crippen molar-refractivity contribution < 1.29 is 19.1 Å². The highest BCUT2D eigenvalue weighted by atomic mass is 16.5. The average Bonchev–Trinajstić information content (AvgIpc) is 3.28. The first-order valence-corrected chi connectivity index (χ1v) is 21.9. The number of fused-ring (bicyclic) bond motifs is 2. The van der Waals surface area contributed by atoms with Gasteiger partial charge in [0, 0.05) is 103 Å². The molecule has 2 aromatic heterocycles. The van der Waals surface area contributed by atoms with Crippen molar-refractivity contribution in [1.82, 2.24) is 30.3 Å². The van der Waals surface area contributed by atoms with E-state index in [4.69, 9.17) is 4.74 Å². The van der Waals surface area contributed by atoms with Crippen LogP contribution < -0.4 is 36.3 Å². The van der Waals surface area contributed by atoms with Gasteiger partial charge in [0.05, 0.1) is 22.7 Å². The monoisotopic (exact) mass is 851 g/mol. The molecule has 3 aliphatic heterocycles. The lowest BCUT2D eigenvalue weighted by atomic mass is 9.49. The van der Waals surface area contributed by atoms with Crippen LogP contribution in [-0.4, -0.2) is 95.3 Å². The topological polar surface area (TPSA) is 186 Å². The fourth-order valence-electron chi connectivity index (χ4n) is 10.8. The number of anilines is 2. The van der Waals surface area contributed by atoms with Crippen LogP contribution in [0.4, 0.5) is 11.4 Å². The molecule has 326 valence electrons. The summed E-state index contributed by atoms with van der Waals surface area (Å²) in [6.45, 7) is 15.0. The number of hydrogen-bond donors (Lipinski definition) is 3. The number of hydrogen-bond acceptors (Lipinski definition) is 11. The minimum atomic E-state index is -0.786. The van der Waals surface area contributed by atoms with Gasteiger partial charge < -0.3 is 24.8 Å². The van der Waals surface area contributed by atoms with Crippen LogP contribution in [0.1, 0.15) is 75.3 Å². The molecule has 9 rings (SSSR count). The third-order valence-electron chi connectivity index (χ3n) is 14.0. The fourth-order valence-corrected chi connectivity index (χ4v) is 10.8. The van der Waals surface area contributed by atoms with E-state index >= 15 is 0 Å². The molecule has 3 saturated heterocycles. The second-order valence-corrected chi connectivity index (χ2v) is 18.8. The van der Waals surface area contributed by atoms with Crippen LogP contribution in [0.5, 0.6) is 5.75 Å². The predicted molar refractivity (Wildman–Crippen MR) is 240 cm³/mol. The number of rotatable bonds is 9. The second kappa shape index (κ2) is 16.3. The van der Waals surface area contributed by atoms with E-state index in [9.17, 15) is 29.2 Å². The molecule has 4 fully saturated rings. The lowest BCUT2D eigenvalue weighted by molar-refractivity contribution is -0.163. The summed E-state index contributed by atoms with van der Waals surface area (Å²) in [6.07, 6.45) is 4.03. The Morgan fingerprint density at radius 3 is 2.22 bits per heavy atom. The first-order valence-electron chi connectivity index (χ1n) is 21.9. The van der Waals surface area contributed by atoms with E-state index in [1.807, 2.05) is 30.3 Å². The number of aromatic nitrogens is 3. The van der Waals surface area contributed by atoms with Gasteiger partial charge in [0.2, 0.25) is 11.5 Å². The van der Waals surface area contributed by atoms with Gasteiger partial charge >= 0.3 is 0 Å². The Kier molecular flexibility index (Phi) is 10.8. The normalized spacial score (nSPS) is 22.6. The summed E-state index contributed by atoms with van der Waals surface area (Å²) >= 11 is 0. The minimum Gasteiger partial charge on any atom is -0.488 e. The molecule has 0 radical (unpaired) electrons. The Labute approximate surface area is 365 Å². The van der Waals surface area contributed by atoms with E-state index in [1.54, 1.807) is 24.4 Å². The van der Waals surface area contributed by atoms with Crippen LogP contribution in [0.2, 0.25) is 0 Å². The van der Waals surface area contributed by atoms with Crippen molar-refractivity contribution in [3.63, 3.8) is 0 Å². The van der Waals surface area contributed by atoms with E-state index in [0.717, 1.165) is 75.4 Å². The maximum absolute atomic E-state index is 13.7. The highest BCUT2D eigenvalue weighted by Gasteiger charge is 2.64. The van der Waals surface area contributed by atoms with Crippen LogP contribution in [-0.2, 0) is 9.59 Å². The number of H-pyrrole nitrogens is 1. The Hall–Kier alpha value is -6.53. The molecule has 4 aliphatic rings. The number of piperidine rings is 2. The Bertz CT molecular complexity index is 2760. The zero-order valence-corrected chi connectivity index (χ0v) is 36.1. The molecule has 5 heterocycles. The van der Waals surface area contributed by atoms with Gasteiger partial charge in [0.1, 0.15) is 24.0 Å². The molecule has 0 bridgehead atoms. The molecule has 3 N–H and O–H groups in total. The van der Waals surface area contributed by atoms with Crippen molar-refractivity contribution in [3.8, 4) is 11.8 Å². The maximum atomic E-state index is 13.7. The van der Waals surface area contributed by atoms with Gasteiger partial charge in [-0.2, -0.15) is 10.4 Å². The van der Waals surface area contributed by atoms with Crippen molar-refractivity contribution in [2.45, 2.75) is 71.6 Å². The quantitative estimate of drug-likeness (QED) is 0.174. The van der Waals surface area contributed by atoms with E-state index < -0.39 is 22.8 Å². The molecule has 3 aromatic carbocycles. The summed E-state index contributed by atoms with van der Waals surface area (Å²) in [6, 6.07) is 21.4. The average molecular weight is 852 g/mol. The highest BCUT2D eigenvalue weighted by Crippen LogP contribution is 2.56. The largest absolute Gasteiger partial charge is 0.488 e. The van der Waals surface area contributed by atoms with Crippen molar-refractivity contribution in [2.75, 3.05) is 55.6 Å². The van der Waals surface area contributed by atoms with Gasteiger partial charge in [-0.25, -0.2) is 4.68 Å². The molecular formula is C48H53N9O6. The number of pyridine rings is 1. The smallest absolute Gasteiger partial charge is 0.275 e. The fraction of sp³-hybridized carbons (Fsp3) is 0.438. The highest BCUT2D eigenvalue weighted by molar-refractivity contribution is 5.99. The number of nitrogens with zero attached hydrogens (tertiary/aromatic N) is 6. The van der Waals surface area contributed by atoms with Crippen LogP contribution in [0.25, 0.3) is 21.7 Å². The van der Waals surface area contributed by atoms with Gasteiger partial charge in [0.15, 0.2) is 0 Å². The number of nitriles is 1. The molecule has 3 amide bonds. The van der Waals surface area contributed by atoms with Gasteiger partial charge in [0.25, 0.3) is 17.4 Å². The van der Waals surface area contributed by atoms with Crippen molar-refractivity contribution >= 4 is 50.8 Å². The lowest BCUT2D eigenvalue weighted by Gasteiger charge is -2.63. The van der Waals surface area contributed by atoms with E-state index in [1.165, 1.54) is 10.7 Å². The minimum absolute atomic E-state index is 0.125. The number of imide groups is 1. The van der Waals surface area contributed by atoms with Gasteiger partial charge in [-0.05, 0) is 85.8 Å². The Balaban J connectivity index is 0.745. The number of ether oxygens (including phenoxy) is 1. The SMILES string of the molecule is CC1(C)C(NC(=O)c2ccc(N3CCC(CN4CCN(c5ccc6c(=O)n(C7CCC(=O)NC7=O)ncc6c5)CC4)CC3)cc2)C(C)(C)C1Oc1ccc(C#N)c2[nH]c(=O)ccc12. The van der Waals surface area contributed by atoms with Gasteiger partial charge in [-0.1, -0.05) is 27.7 Å². The number of amides is 3. The number of aromatic amines is 1. The predicted octanol–water partition coefficient (Wildman–Crippen LogP) is 4.74. The number of piperazine rings is 1. The van der Waals surface area contributed by atoms with Crippen LogP contribution >= 0.6 is 0 Å². The summed E-state index contributed by atoms with van der Waals surface area (Å²) in [5.41, 5.74) is 2.16. The molecule has 15 heteroatoms. The van der Waals surface area contributed by atoms with Gasteiger partial charge in [-0.15, -0.1) is 0 Å². The van der Waals surface area contributed by atoms with Crippen LogP contribution in [0, 0.1) is 28.1 Å². The van der Waals surface area contributed by atoms with Crippen molar-refractivity contribution in [3.05, 3.63) is 105 Å². The summed E-state index contributed by atoms with van der Waals surface area (Å²) in [4.78, 5) is 73.0.